The summed E-state index contributed by atoms with van der Waals surface area (Å²) in [6.07, 6.45) is 6.94. The Morgan fingerprint density at radius 2 is 1.94 bits per heavy atom. The molecule has 0 amide bonds. The quantitative estimate of drug-likeness (QED) is 0.566. The van der Waals surface area contributed by atoms with Crippen molar-refractivity contribution in [1.82, 2.24) is 10.1 Å². The van der Waals surface area contributed by atoms with Crippen LogP contribution < -0.4 is 4.74 Å². The van der Waals surface area contributed by atoms with E-state index in [2.05, 4.69) is 22.2 Å². The van der Waals surface area contributed by atoms with Crippen LogP contribution in [0.3, 0.4) is 0 Å². The van der Waals surface area contributed by atoms with E-state index in [1.54, 1.807) is 0 Å². The molecule has 1 heterocycles. The molecule has 0 radical (unpaired) electrons. The molecule has 0 spiro atoms. The van der Waals surface area contributed by atoms with Crippen LogP contribution >= 0.6 is 0 Å². The molecule has 168 valence electrons. The fraction of sp³-hybridized carbons (Fsp3) is 0.440. The normalized spacial score (nSPS) is 31.7. The van der Waals surface area contributed by atoms with Gasteiger partial charge in [0.25, 0.3) is 5.88 Å². The number of ether oxygens (including phenoxy) is 1. The lowest BCUT2D eigenvalue weighted by atomic mass is 9.74. The molecule has 0 saturated heterocycles. The number of hydrogen-bond donors (Lipinski definition) is 1. The van der Waals surface area contributed by atoms with E-state index in [9.17, 15) is 9.90 Å². The molecule has 0 saturated carbocycles. The first kappa shape index (κ1) is 21.2. The van der Waals surface area contributed by atoms with E-state index in [1.165, 1.54) is 0 Å². The summed E-state index contributed by atoms with van der Waals surface area (Å²) in [5.74, 6) is 1.52. The van der Waals surface area contributed by atoms with Crippen LogP contribution in [0.15, 0.2) is 58.3 Å². The van der Waals surface area contributed by atoms with Crippen molar-refractivity contribution in [3.63, 3.8) is 0 Å². The lowest BCUT2D eigenvalue weighted by Crippen LogP contribution is -2.36. The standard InChI is InChI=1S/C25H30N2O4Si/c1-27(2)21-17-11-10-15-8-9-16(24(15)32)12-18(28)19(17)22(29)20-23(21)31-26-25(20)30-13-14-6-4-3-5-7-14/h3-9,15-17,21,24,28H,10-13H2,1-2,32H3/b19-18-/t15-,16+,17-,21-,24?/m1/s1. The number of aromatic nitrogens is 1. The summed E-state index contributed by atoms with van der Waals surface area (Å²) in [4.78, 5) is 15.8. The van der Waals surface area contributed by atoms with Crippen molar-refractivity contribution in [3.05, 3.63) is 70.7 Å². The van der Waals surface area contributed by atoms with Gasteiger partial charge in [0.05, 0.1) is 6.04 Å². The monoisotopic (exact) mass is 450 g/mol. The number of carbonyl (C=O) groups is 1. The van der Waals surface area contributed by atoms with Crippen molar-refractivity contribution in [2.24, 2.45) is 17.8 Å². The van der Waals surface area contributed by atoms with Crippen molar-refractivity contribution in [1.29, 1.82) is 0 Å². The Morgan fingerprint density at radius 3 is 2.69 bits per heavy atom. The van der Waals surface area contributed by atoms with Crippen molar-refractivity contribution >= 4 is 16.0 Å². The summed E-state index contributed by atoms with van der Waals surface area (Å²) in [6.45, 7) is 0.297. The van der Waals surface area contributed by atoms with Crippen LogP contribution in [0.5, 0.6) is 5.88 Å². The Morgan fingerprint density at radius 1 is 1.19 bits per heavy atom. The first-order chi connectivity index (χ1) is 15.5. The van der Waals surface area contributed by atoms with Crippen LogP contribution in [0.1, 0.15) is 47.0 Å². The maximum absolute atomic E-state index is 13.8. The molecule has 3 aliphatic carbocycles. The first-order valence-electron chi connectivity index (χ1n) is 11.4. The number of nitrogens with zero attached hydrogens (tertiary/aromatic N) is 2. The zero-order valence-electron chi connectivity index (χ0n) is 18.8. The number of Topliss-reactive ketones (excluding diaryl/α,β-unsaturated/α-hetero) is 1. The Balaban J connectivity index is 1.55. The maximum Gasteiger partial charge on any atom is 0.266 e. The molecule has 5 rings (SSSR count). The number of aliphatic hydroxyl groups is 1. The minimum atomic E-state index is -0.198. The summed E-state index contributed by atoms with van der Waals surface area (Å²) < 4.78 is 11.7. The fourth-order valence-electron chi connectivity index (χ4n) is 5.68. The van der Waals surface area contributed by atoms with E-state index in [1.807, 2.05) is 44.4 Å². The van der Waals surface area contributed by atoms with E-state index in [0.717, 1.165) is 28.6 Å². The number of rotatable bonds is 4. The third kappa shape index (κ3) is 3.53. The highest BCUT2D eigenvalue weighted by atomic mass is 28.1. The Kier molecular flexibility index (Phi) is 5.55. The summed E-state index contributed by atoms with van der Waals surface area (Å²) in [5.41, 5.74) is 2.48. The lowest BCUT2D eigenvalue weighted by Gasteiger charge is -2.36. The highest BCUT2D eigenvalue weighted by molar-refractivity contribution is 6.13. The van der Waals surface area contributed by atoms with Gasteiger partial charge < -0.3 is 14.4 Å². The van der Waals surface area contributed by atoms with E-state index in [0.29, 0.717) is 47.3 Å². The van der Waals surface area contributed by atoms with Gasteiger partial charge in [0, 0.05) is 28.2 Å². The number of aliphatic hydroxyl groups excluding tert-OH is 1. The predicted molar refractivity (Wildman–Crippen MR) is 125 cm³/mol. The molecule has 1 unspecified atom stereocenters. The van der Waals surface area contributed by atoms with Crippen molar-refractivity contribution in [2.45, 2.75) is 37.5 Å². The molecule has 5 atom stereocenters. The summed E-state index contributed by atoms with van der Waals surface area (Å²) in [6, 6.07) is 9.60. The third-order valence-electron chi connectivity index (χ3n) is 7.46. The van der Waals surface area contributed by atoms with Gasteiger partial charge >= 0.3 is 0 Å². The summed E-state index contributed by atoms with van der Waals surface area (Å²) in [7, 11) is 5.05. The van der Waals surface area contributed by atoms with Crippen LogP contribution in [0.2, 0.25) is 5.54 Å². The molecule has 1 aromatic carbocycles. The Labute approximate surface area is 191 Å². The SMILES string of the molecule is CN(C)[C@H]1c2onc(OCc3ccccc3)c2C(=O)/C2=C(\O)C[C@@H]3C=C[C@H](CC[C@H]21)C3[SiH3]. The van der Waals surface area contributed by atoms with Gasteiger partial charge in [0.15, 0.2) is 5.76 Å². The number of benzene rings is 1. The maximum atomic E-state index is 13.8. The lowest BCUT2D eigenvalue weighted by molar-refractivity contribution is 0.0936. The average molecular weight is 451 g/mol. The predicted octanol–water partition coefficient (Wildman–Crippen LogP) is 3.62. The molecule has 2 aromatic rings. The smallest absolute Gasteiger partial charge is 0.266 e. The van der Waals surface area contributed by atoms with Gasteiger partial charge in [0.2, 0.25) is 5.78 Å². The Hall–Kier alpha value is -2.64. The summed E-state index contributed by atoms with van der Waals surface area (Å²) >= 11 is 0. The molecule has 0 aliphatic heterocycles. The second kappa shape index (κ2) is 8.37. The highest BCUT2D eigenvalue weighted by Gasteiger charge is 2.47. The molecule has 3 aliphatic rings. The van der Waals surface area contributed by atoms with Gasteiger partial charge in [0.1, 0.15) is 17.9 Å². The number of ketones is 1. The third-order valence-corrected chi connectivity index (χ3v) is 9.17. The molecule has 0 fully saturated rings. The number of hydrogen-bond acceptors (Lipinski definition) is 6. The molecule has 1 N–H and O–H groups in total. The van der Waals surface area contributed by atoms with Crippen LogP contribution in [0, 0.1) is 17.8 Å². The molecular weight excluding hydrogens is 420 g/mol. The molecule has 32 heavy (non-hydrogen) atoms. The second-order valence-corrected chi connectivity index (χ2v) is 10.9. The van der Waals surface area contributed by atoms with Crippen molar-refractivity contribution < 1.29 is 19.2 Å². The zero-order chi connectivity index (χ0) is 22.4. The van der Waals surface area contributed by atoms with Gasteiger partial charge in [-0.25, -0.2) is 0 Å². The molecule has 1 aromatic heterocycles. The first-order valence-corrected chi connectivity index (χ1v) is 12.6. The molecule has 7 heteroatoms. The van der Waals surface area contributed by atoms with E-state index in [-0.39, 0.29) is 29.4 Å². The second-order valence-electron chi connectivity index (χ2n) is 9.56. The Bertz CT molecular complexity index is 1070. The van der Waals surface area contributed by atoms with E-state index >= 15 is 0 Å². The van der Waals surface area contributed by atoms with Gasteiger partial charge in [-0.15, -0.1) is 0 Å². The molecule has 6 nitrogen and oxygen atoms in total. The van der Waals surface area contributed by atoms with Crippen LogP contribution in [-0.4, -0.2) is 45.3 Å². The van der Waals surface area contributed by atoms with Crippen molar-refractivity contribution in [3.8, 4) is 5.88 Å². The minimum absolute atomic E-state index is 0.124. The van der Waals surface area contributed by atoms with Crippen LogP contribution in [0.4, 0.5) is 0 Å². The van der Waals surface area contributed by atoms with Gasteiger partial charge in [-0.2, -0.15) is 0 Å². The highest BCUT2D eigenvalue weighted by Crippen LogP contribution is 2.50. The number of fused-ring (bicyclic) bond motifs is 4. The number of carbonyl (C=O) groups excluding carboxylic acids is 1. The minimum Gasteiger partial charge on any atom is -0.512 e. The van der Waals surface area contributed by atoms with Crippen molar-refractivity contribution in [2.75, 3.05) is 14.1 Å². The largest absolute Gasteiger partial charge is 0.512 e. The van der Waals surface area contributed by atoms with Crippen LogP contribution in [0.25, 0.3) is 0 Å². The topological polar surface area (TPSA) is 75.8 Å². The van der Waals surface area contributed by atoms with E-state index < -0.39 is 0 Å². The number of allylic oxidation sites excluding steroid dienone is 3. The van der Waals surface area contributed by atoms with Crippen LogP contribution in [-0.2, 0) is 6.61 Å². The van der Waals surface area contributed by atoms with Gasteiger partial charge in [-0.3, -0.25) is 9.69 Å². The van der Waals surface area contributed by atoms with Gasteiger partial charge in [-0.05, 0) is 55.0 Å². The zero-order valence-corrected chi connectivity index (χ0v) is 20.8. The summed E-state index contributed by atoms with van der Waals surface area (Å²) in [5, 5.41) is 15.4. The van der Waals surface area contributed by atoms with E-state index in [4.69, 9.17) is 9.26 Å². The molecule has 2 bridgehead atoms. The van der Waals surface area contributed by atoms with Gasteiger partial charge in [-0.1, -0.05) is 42.5 Å². The molecular formula is C25H30N2O4Si. The average Bonchev–Trinajstić information content (AvgIpc) is 3.36. The fourth-order valence-corrected chi connectivity index (χ4v) is 6.69.